The van der Waals surface area contributed by atoms with E-state index in [-0.39, 0.29) is 0 Å². The number of nitrogens with zero attached hydrogens (tertiary/aromatic N) is 1. The summed E-state index contributed by atoms with van der Waals surface area (Å²) in [5.74, 6) is -1.48. The molecule has 0 fully saturated rings. The molecule has 1 rings (SSSR count). The van der Waals surface area contributed by atoms with E-state index >= 15 is 0 Å². The number of carbonyl (C=O) groups is 1. The molecule has 1 unspecified atom stereocenters. The van der Waals surface area contributed by atoms with Crippen LogP contribution in [0.2, 0.25) is 0 Å². The Morgan fingerprint density at radius 2 is 2.00 bits per heavy atom. The maximum Gasteiger partial charge on any atom is 0.310 e. The first-order valence-corrected chi connectivity index (χ1v) is 4.02. The molecular weight excluding hydrogens is 186 g/mol. The van der Waals surface area contributed by atoms with Gasteiger partial charge in [0.2, 0.25) is 0 Å². The van der Waals surface area contributed by atoms with Crippen molar-refractivity contribution in [1.29, 1.82) is 0 Å². The molecule has 1 atom stereocenters. The van der Waals surface area contributed by atoms with Gasteiger partial charge in [0.05, 0.1) is 5.92 Å². The summed E-state index contributed by atoms with van der Waals surface area (Å²) in [6.07, 6.45) is 0. The van der Waals surface area contributed by atoms with Crippen LogP contribution in [0.3, 0.4) is 0 Å². The number of hydrogen-bond donors (Lipinski definition) is 0. The lowest BCUT2D eigenvalue weighted by Gasteiger charge is -2.07. The summed E-state index contributed by atoms with van der Waals surface area (Å²) >= 11 is 0. The van der Waals surface area contributed by atoms with Crippen molar-refractivity contribution < 1.29 is 14.7 Å². The Bertz CT molecular complexity index is 336. The SMILES string of the molecule is CC(C(=O)O[N+](=O)[O-])c1ccccc1. The summed E-state index contributed by atoms with van der Waals surface area (Å²) in [6.45, 7) is 1.56. The lowest BCUT2D eigenvalue weighted by molar-refractivity contribution is -0.730. The maximum atomic E-state index is 11.1. The zero-order valence-electron chi connectivity index (χ0n) is 7.54. The predicted octanol–water partition coefficient (Wildman–Crippen LogP) is 1.52. The zero-order valence-corrected chi connectivity index (χ0v) is 7.54. The van der Waals surface area contributed by atoms with E-state index < -0.39 is 17.0 Å². The number of benzene rings is 1. The van der Waals surface area contributed by atoms with E-state index in [1.807, 2.05) is 0 Å². The van der Waals surface area contributed by atoms with Crippen LogP contribution in [0.5, 0.6) is 0 Å². The standard InChI is InChI=1S/C9H9NO4/c1-7(9(11)14-10(12)13)8-5-3-2-4-6-8/h2-7H,1H3. The molecule has 1 aromatic rings. The third-order valence-corrected chi connectivity index (χ3v) is 1.82. The van der Waals surface area contributed by atoms with E-state index in [2.05, 4.69) is 4.84 Å². The molecule has 0 spiro atoms. The number of rotatable bonds is 3. The van der Waals surface area contributed by atoms with Crippen LogP contribution in [-0.2, 0) is 9.63 Å². The molecule has 0 saturated heterocycles. The molecule has 0 aromatic heterocycles. The van der Waals surface area contributed by atoms with Crippen LogP contribution >= 0.6 is 0 Å². The Morgan fingerprint density at radius 1 is 1.43 bits per heavy atom. The van der Waals surface area contributed by atoms with Gasteiger partial charge in [0, 0.05) is 0 Å². The Labute approximate surface area is 80.4 Å². The Balaban J connectivity index is 2.71. The van der Waals surface area contributed by atoms with Crippen LogP contribution in [0, 0.1) is 10.1 Å². The Morgan fingerprint density at radius 3 is 2.50 bits per heavy atom. The largest absolute Gasteiger partial charge is 0.310 e. The Kier molecular flexibility index (Phi) is 3.17. The second kappa shape index (κ2) is 4.36. The molecule has 0 aliphatic carbocycles. The van der Waals surface area contributed by atoms with Crippen molar-refractivity contribution >= 4 is 5.97 Å². The van der Waals surface area contributed by atoms with Gasteiger partial charge in [-0.05, 0) is 12.5 Å². The molecule has 5 nitrogen and oxygen atoms in total. The maximum absolute atomic E-state index is 11.1. The fraction of sp³-hybridized carbons (Fsp3) is 0.222. The molecule has 1 aromatic carbocycles. The lowest BCUT2D eigenvalue weighted by atomic mass is 10.0. The molecule has 0 aliphatic heterocycles. The van der Waals surface area contributed by atoms with E-state index in [1.165, 1.54) is 0 Å². The van der Waals surface area contributed by atoms with E-state index in [1.54, 1.807) is 37.3 Å². The third-order valence-electron chi connectivity index (χ3n) is 1.82. The van der Waals surface area contributed by atoms with E-state index in [0.717, 1.165) is 0 Å². The van der Waals surface area contributed by atoms with Crippen LogP contribution in [0.25, 0.3) is 0 Å². The molecule has 74 valence electrons. The fourth-order valence-electron chi connectivity index (χ4n) is 1.03. The summed E-state index contributed by atoms with van der Waals surface area (Å²) in [6, 6.07) is 8.74. The number of carbonyl (C=O) groups excluding carboxylic acids is 1. The summed E-state index contributed by atoms with van der Waals surface area (Å²) in [4.78, 5) is 24.8. The summed E-state index contributed by atoms with van der Waals surface area (Å²) in [5, 5.41) is 8.81. The van der Waals surface area contributed by atoms with Crippen molar-refractivity contribution in [3.63, 3.8) is 0 Å². The van der Waals surface area contributed by atoms with Crippen molar-refractivity contribution in [2.45, 2.75) is 12.8 Å². The highest BCUT2D eigenvalue weighted by Gasteiger charge is 2.18. The second-order valence-electron chi connectivity index (χ2n) is 2.77. The number of hydrogen-bond acceptors (Lipinski definition) is 4. The zero-order chi connectivity index (χ0) is 10.6. The minimum atomic E-state index is -1.10. The molecule has 0 saturated carbocycles. The highest BCUT2D eigenvalue weighted by atomic mass is 17.0. The highest BCUT2D eigenvalue weighted by molar-refractivity contribution is 5.76. The molecule has 0 radical (unpaired) electrons. The first-order chi connectivity index (χ1) is 6.61. The van der Waals surface area contributed by atoms with Gasteiger partial charge in [-0.1, -0.05) is 30.3 Å². The lowest BCUT2D eigenvalue weighted by Crippen LogP contribution is -2.16. The minimum Gasteiger partial charge on any atom is -0.268 e. The van der Waals surface area contributed by atoms with E-state index in [0.29, 0.717) is 5.56 Å². The Hall–Kier alpha value is -1.91. The van der Waals surface area contributed by atoms with Gasteiger partial charge in [-0.25, -0.2) is 4.84 Å². The molecule has 0 bridgehead atoms. The molecule has 0 aliphatic rings. The molecule has 14 heavy (non-hydrogen) atoms. The van der Waals surface area contributed by atoms with Gasteiger partial charge < -0.3 is 0 Å². The van der Waals surface area contributed by atoms with Gasteiger partial charge >= 0.3 is 11.1 Å². The van der Waals surface area contributed by atoms with Crippen molar-refractivity contribution in [2.75, 3.05) is 0 Å². The molecule has 0 amide bonds. The first kappa shape index (κ1) is 10.2. The topological polar surface area (TPSA) is 69.4 Å². The van der Waals surface area contributed by atoms with Crippen molar-refractivity contribution in [3.8, 4) is 0 Å². The van der Waals surface area contributed by atoms with Crippen LogP contribution in [0.15, 0.2) is 30.3 Å². The minimum absolute atomic E-state index is 0.624. The first-order valence-electron chi connectivity index (χ1n) is 4.02. The highest BCUT2D eigenvalue weighted by Crippen LogP contribution is 2.15. The summed E-state index contributed by atoms with van der Waals surface area (Å²) in [7, 11) is 0. The molecule has 5 heteroatoms. The predicted molar refractivity (Wildman–Crippen MR) is 47.9 cm³/mol. The van der Waals surface area contributed by atoms with E-state index in [9.17, 15) is 14.9 Å². The molecular formula is C9H9NO4. The fourth-order valence-corrected chi connectivity index (χ4v) is 1.03. The van der Waals surface area contributed by atoms with Crippen LogP contribution < -0.4 is 0 Å². The third kappa shape index (κ3) is 2.55. The van der Waals surface area contributed by atoms with Gasteiger partial charge in [-0.15, -0.1) is 10.1 Å². The van der Waals surface area contributed by atoms with Gasteiger partial charge in [0.15, 0.2) is 0 Å². The van der Waals surface area contributed by atoms with E-state index in [4.69, 9.17) is 0 Å². The van der Waals surface area contributed by atoms with Crippen molar-refractivity contribution in [1.82, 2.24) is 0 Å². The van der Waals surface area contributed by atoms with Gasteiger partial charge in [0.25, 0.3) is 0 Å². The smallest absolute Gasteiger partial charge is 0.268 e. The van der Waals surface area contributed by atoms with Crippen LogP contribution in [-0.4, -0.2) is 11.1 Å². The van der Waals surface area contributed by atoms with Crippen molar-refractivity contribution in [3.05, 3.63) is 46.0 Å². The molecule has 0 heterocycles. The molecule has 0 N–H and O–H groups in total. The average Bonchev–Trinajstić information content (AvgIpc) is 2.17. The normalized spacial score (nSPS) is 11.8. The summed E-state index contributed by atoms with van der Waals surface area (Å²) < 4.78 is 0. The van der Waals surface area contributed by atoms with Gasteiger partial charge in [-0.3, -0.25) is 4.79 Å². The second-order valence-corrected chi connectivity index (χ2v) is 2.77. The van der Waals surface area contributed by atoms with Crippen LogP contribution in [0.1, 0.15) is 18.4 Å². The van der Waals surface area contributed by atoms with Crippen LogP contribution in [0.4, 0.5) is 0 Å². The summed E-state index contributed by atoms with van der Waals surface area (Å²) in [5.41, 5.74) is 0.694. The van der Waals surface area contributed by atoms with Gasteiger partial charge in [0.1, 0.15) is 0 Å². The van der Waals surface area contributed by atoms with Crippen molar-refractivity contribution in [2.24, 2.45) is 0 Å². The average molecular weight is 195 g/mol. The quantitative estimate of drug-likeness (QED) is 0.541. The monoisotopic (exact) mass is 195 g/mol. The van der Waals surface area contributed by atoms with Gasteiger partial charge in [-0.2, -0.15) is 0 Å².